The molecule has 2 rings (SSSR count). The van der Waals surface area contributed by atoms with Gasteiger partial charge < -0.3 is 0 Å². The van der Waals surface area contributed by atoms with E-state index >= 15 is 0 Å². The number of benzene rings is 2. The van der Waals surface area contributed by atoms with E-state index in [4.69, 9.17) is 23.2 Å². The fourth-order valence-corrected chi connectivity index (χ4v) is 3.58. The third-order valence-electron chi connectivity index (χ3n) is 3.79. The summed E-state index contributed by atoms with van der Waals surface area (Å²) >= 11 is 16.0. The van der Waals surface area contributed by atoms with Crippen molar-refractivity contribution in [1.82, 2.24) is 0 Å². The van der Waals surface area contributed by atoms with Crippen LogP contribution < -0.4 is 0 Å². The molecule has 0 spiro atoms. The largest absolute Gasteiger partial charge is 0.207 e. The summed E-state index contributed by atoms with van der Waals surface area (Å²) in [7, 11) is 0. The average molecular weight is 390 g/mol. The molecule has 2 aromatic carbocycles. The van der Waals surface area contributed by atoms with E-state index in [1.807, 2.05) is 31.2 Å². The Bertz CT molecular complexity index is 624. The van der Waals surface area contributed by atoms with E-state index in [0.717, 1.165) is 21.2 Å². The van der Waals surface area contributed by atoms with Crippen molar-refractivity contribution in [1.29, 1.82) is 0 Å². The Morgan fingerprint density at radius 1 is 1.10 bits per heavy atom. The zero-order valence-electron chi connectivity index (χ0n) is 11.7. The second kappa shape index (κ2) is 7.13. The van der Waals surface area contributed by atoms with Crippen LogP contribution in [-0.4, -0.2) is 11.8 Å². The maximum absolute atomic E-state index is 13.5. The van der Waals surface area contributed by atoms with Crippen molar-refractivity contribution >= 4 is 39.1 Å². The molecule has 0 nitrogen and oxygen atoms in total. The summed E-state index contributed by atoms with van der Waals surface area (Å²) in [6, 6.07) is 12.8. The molecule has 0 heterocycles. The summed E-state index contributed by atoms with van der Waals surface area (Å²) in [6.07, 6.45) is 0.611. The first-order chi connectivity index (χ1) is 10.0. The Hall–Kier alpha value is -0.570. The van der Waals surface area contributed by atoms with Gasteiger partial charge in [-0.2, -0.15) is 0 Å². The maximum Gasteiger partial charge on any atom is 0.123 e. The smallest absolute Gasteiger partial charge is 0.123 e. The molecule has 0 bridgehead atoms. The quantitative estimate of drug-likeness (QED) is 0.562. The highest BCUT2D eigenvalue weighted by Crippen LogP contribution is 2.34. The molecule has 0 aliphatic carbocycles. The number of hydrogen-bond donors (Lipinski definition) is 0. The lowest BCUT2D eigenvalue weighted by Crippen LogP contribution is -2.33. The third kappa shape index (κ3) is 3.80. The van der Waals surface area contributed by atoms with Crippen molar-refractivity contribution in [2.24, 2.45) is 0 Å². The van der Waals surface area contributed by atoms with Crippen LogP contribution in [0.1, 0.15) is 16.7 Å². The Labute approximate surface area is 143 Å². The molecule has 0 aromatic heterocycles. The zero-order chi connectivity index (χ0) is 15.5. The van der Waals surface area contributed by atoms with Crippen molar-refractivity contribution in [3.8, 4) is 0 Å². The zero-order valence-corrected chi connectivity index (χ0v) is 14.8. The van der Waals surface area contributed by atoms with E-state index in [1.165, 1.54) is 6.07 Å². The SMILES string of the molecule is Cc1ccc(F)cc1CC(CCl)(CCl)c1cccc(Br)c1. The van der Waals surface area contributed by atoms with Crippen molar-refractivity contribution < 1.29 is 4.39 Å². The van der Waals surface area contributed by atoms with Gasteiger partial charge in [0.05, 0.1) is 0 Å². The molecule has 2 aromatic rings. The van der Waals surface area contributed by atoms with Crippen LogP contribution in [0, 0.1) is 12.7 Å². The Balaban J connectivity index is 2.45. The Morgan fingerprint density at radius 3 is 2.43 bits per heavy atom. The summed E-state index contributed by atoms with van der Waals surface area (Å²) in [4.78, 5) is 0. The van der Waals surface area contributed by atoms with Crippen LogP contribution in [0.2, 0.25) is 0 Å². The molecule has 0 saturated carbocycles. The van der Waals surface area contributed by atoms with Gasteiger partial charge in [0.2, 0.25) is 0 Å². The minimum atomic E-state index is -0.411. The molecule has 0 aliphatic heterocycles. The topological polar surface area (TPSA) is 0 Å². The van der Waals surface area contributed by atoms with Crippen LogP contribution in [0.3, 0.4) is 0 Å². The molecule has 0 amide bonds. The van der Waals surface area contributed by atoms with Gasteiger partial charge in [-0.15, -0.1) is 23.2 Å². The van der Waals surface area contributed by atoms with Gasteiger partial charge in [0, 0.05) is 21.6 Å². The van der Waals surface area contributed by atoms with Crippen molar-refractivity contribution in [3.63, 3.8) is 0 Å². The standard InChI is InChI=1S/C17H16BrCl2F/c1-12-5-6-16(21)7-13(12)9-17(10-19,11-20)14-3-2-4-15(18)8-14/h2-8H,9-11H2,1H3. The lowest BCUT2D eigenvalue weighted by atomic mass is 9.78. The fraction of sp³-hybridized carbons (Fsp3) is 0.294. The molecule has 112 valence electrons. The highest BCUT2D eigenvalue weighted by molar-refractivity contribution is 9.10. The lowest BCUT2D eigenvalue weighted by Gasteiger charge is -2.31. The molecular weight excluding hydrogens is 374 g/mol. The number of aryl methyl sites for hydroxylation is 1. The van der Waals surface area contributed by atoms with Crippen LogP contribution in [0.4, 0.5) is 4.39 Å². The van der Waals surface area contributed by atoms with Gasteiger partial charge in [0.1, 0.15) is 5.82 Å². The number of alkyl halides is 2. The van der Waals surface area contributed by atoms with Gasteiger partial charge in [-0.25, -0.2) is 4.39 Å². The Morgan fingerprint density at radius 2 is 1.81 bits per heavy atom. The summed E-state index contributed by atoms with van der Waals surface area (Å²) in [5.74, 6) is 0.522. The minimum absolute atomic E-state index is 0.233. The molecule has 0 N–H and O–H groups in total. The van der Waals surface area contributed by atoms with E-state index in [-0.39, 0.29) is 5.82 Å². The maximum atomic E-state index is 13.5. The summed E-state index contributed by atoms with van der Waals surface area (Å²) < 4.78 is 14.5. The first-order valence-electron chi connectivity index (χ1n) is 6.64. The molecule has 0 atom stereocenters. The van der Waals surface area contributed by atoms with E-state index in [2.05, 4.69) is 15.9 Å². The van der Waals surface area contributed by atoms with Crippen LogP contribution in [0.5, 0.6) is 0 Å². The predicted octanol–water partition coefficient (Wildman–Crippen LogP) is 5.85. The molecule has 21 heavy (non-hydrogen) atoms. The molecule has 4 heteroatoms. The van der Waals surface area contributed by atoms with E-state index in [1.54, 1.807) is 12.1 Å². The second-order valence-corrected chi connectivity index (χ2v) is 6.76. The van der Waals surface area contributed by atoms with E-state index in [0.29, 0.717) is 18.2 Å². The lowest BCUT2D eigenvalue weighted by molar-refractivity contribution is 0.531. The minimum Gasteiger partial charge on any atom is -0.207 e. The fourth-order valence-electron chi connectivity index (χ4n) is 2.40. The van der Waals surface area contributed by atoms with Crippen molar-refractivity contribution in [2.45, 2.75) is 18.8 Å². The van der Waals surface area contributed by atoms with Gasteiger partial charge in [-0.3, -0.25) is 0 Å². The van der Waals surface area contributed by atoms with Crippen molar-refractivity contribution in [2.75, 3.05) is 11.8 Å². The number of hydrogen-bond acceptors (Lipinski definition) is 0. The van der Waals surface area contributed by atoms with Crippen LogP contribution in [-0.2, 0) is 11.8 Å². The molecule has 0 fully saturated rings. The molecule has 0 saturated heterocycles. The van der Waals surface area contributed by atoms with Gasteiger partial charge in [0.25, 0.3) is 0 Å². The van der Waals surface area contributed by atoms with E-state index in [9.17, 15) is 4.39 Å². The summed E-state index contributed by atoms with van der Waals surface area (Å²) in [5.41, 5.74) is 2.64. The second-order valence-electron chi connectivity index (χ2n) is 5.31. The molecular formula is C17H16BrCl2F. The number of halogens is 4. The first-order valence-corrected chi connectivity index (χ1v) is 8.50. The average Bonchev–Trinajstić information content (AvgIpc) is 2.48. The summed E-state index contributed by atoms with van der Waals surface area (Å²) in [5, 5.41) is 0. The van der Waals surface area contributed by atoms with Gasteiger partial charge >= 0.3 is 0 Å². The van der Waals surface area contributed by atoms with Gasteiger partial charge in [0.15, 0.2) is 0 Å². The van der Waals surface area contributed by atoms with Crippen molar-refractivity contribution in [3.05, 3.63) is 69.4 Å². The summed E-state index contributed by atoms with van der Waals surface area (Å²) in [6.45, 7) is 1.98. The van der Waals surface area contributed by atoms with Gasteiger partial charge in [-0.1, -0.05) is 34.1 Å². The highest BCUT2D eigenvalue weighted by Gasteiger charge is 2.31. The molecule has 0 unspecified atom stereocenters. The first kappa shape index (κ1) is 16.8. The highest BCUT2D eigenvalue weighted by atomic mass is 79.9. The number of rotatable bonds is 5. The molecule has 0 radical (unpaired) electrons. The molecule has 0 aliphatic rings. The van der Waals surface area contributed by atoms with Crippen LogP contribution >= 0.6 is 39.1 Å². The van der Waals surface area contributed by atoms with Crippen LogP contribution in [0.15, 0.2) is 46.9 Å². The van der Waals surface area contributed by atoms with E-state index < -0.39 is 5.41 Å². The third-order valence-corrected chi connectivity index (χ3v) is 5.31. The monoisotopic (exact) mass is 388 g/mol. The van der Waals surface area contributed by atoms with Gasteiger partial charge in [-0.05, 0) is 54.3 Å². The normalized spacial score (nSPS) is 11.7. The van der Waals surface area contributed by atoms with Crippen LogP contribution in [0.25, 0.3) is 0 Å². The Kier molecular flexibility index (Phi) is 5.70. The predicted molar refractivity (Wildman–Crippen MR) is 92.1 cm³/mol.